The zero-order chi connectivity index (χ0) is 27.4. The van der Waals surface area contributed by atoms with Gasteiger partial charge in [-0.1, -0.05) is 6.07 Å². The number of carbonyl (C=O) groups is 1. The number of methoxy groups -OCH3 is 1. The van der Waals surface area contributed by atoms with Gasteiger partial charge in [0, 0.05) is 13.1 Å². The largest absolute Gasteiger partial charge is 0.493 e. The Bertz CT molecular complexity index is 1210. The minimum Gasteiger partial charge on any atom is -0.493 e. The molecule has 1 aliphatic rings. The number of carbonyl (C=O) groups excluding carboxylic acids is 1. The van der Waals surface area contributed by atoms with Gasteiger partial charge in [-0.05, 0) is 53.7 Å². The van der Waals surface area contributed by atoms with Crippen molar-refractivity contribution in [3.63, 3.8) is 0 Å². The van der Waals surface area contributed by atoms with Crippen molar-refractivity contribution in [3.8, 4) is 17.2 Å². The lowest BCUT2D eigenvalue weighted by Gasteiger charge is -2.20. The molecule has 7 nitrogen and oxygen atoms in total. The first-order chi connectivity index (χ1) is 17.4. The van der Waals surface area contributed by atoms with Crippen molar-refractivity contribution in [1.29, 1.82) is 0 Å². The molecule has 1 heterocycles. The maximum absolute atomic E-state index is 13.5. The van der Waals surface area contributed by atoms with Gasteiger partial charge in [-0.15, -0.1) is 0 Å². The Labute approximate surface area is 211 Å². The summed E-state index contributed by atoms with van der Waals surface area (Å²) in [6.07, 6.45) is -8.64. The van der Waals surface area contributed by atoms with Crippen LogP contribution in [0.15, 0.2) is 46.3 Å². The lowest BCUT2D eigenvalue weighted by atomic mass is 10.1. The van der Waals surface area contributed by atoms with Gasteiger partial charge >= 0.3 is 12.4 Å². The highest BCUT2D eigenvalue weighted by atomic mass is 32.2. The second-order valence-corrected chi connectivity index (χ2v) is 8.47. The van der Waals surface area contributed by atoms with Gasteiger partial charge in [0.15, 0.2) is 16.7 Å². The summed E-state index contributed by atoms with van der Waals surface area (Å²) in [5.74, 6) is -1.66. The van der Waals surface area contributed by atoms with Crippen molar-refractivity contribution < 1.29 is 50.8 Å². The summed E-state index contributed by atoms with van der Waals surface area (Å²) >= 11 is 1.01. The Morgan fingerprint density at radius 3 is 2.16 bits per heavy atom. The molecular weight excluding hydrogens is 530 g/mol. The number of nitrogens with zero attached hydrogens (tertiary/aromatic N) is 2. The van der Waals surface area contributed by atoms with Crippen molar-refractivity contribution in [3.05, 3.63) is 58.0 Å². The van der Waals surface area contributed by atoms with Crippen LogP contribution in [0.1, 0.15) is 16.7 Å². The van der Waals surface area contributed by atoms with Crippen molar-refractivity contribution in [2.75, 3.05) is 33.4 Å². The van der Waals surface area contributed by atoms with Crippen molar-refractivity contribution in [1.82, 2.24) is 4.90 Å². The molecule has 0 aromatic heterocycles. The molecule has 37 heavy (non-hydrogen) atoms. The van der Waals surface area contributed by atoms with Crippen LogP contribution in [0, 0.1) is 0 Å². The number of rotatable bonds is 8. The van der Waals surface area contributed by atoms with Gasteiger partial charge in [-0.25, -0.2) is 0 Å². The molecule has 0 aliphatic carbocycles. The fraction of sp³-hybridized carbons (Fsp3) is 0.304. The molecule has 0 atom stereocenters. The summed E-state index contributed by atoms with van der Waals surface area (Å²) in [5, 5.41) is 18.6. The molecule has 1 amide bonds. The number of halogens is 6. The molecule has 2 aromatic rings. The molecule has 0 saturated carbocycles. The first-order valence-corrected chi connectivity index (χ1v) is 11.3. The summed E-state index contributed by atoms with van der Waals surface area (Å²) in [5.41, 5.74) is -2.68. The Morgan fingerprint density at radius 1 is 0.946 bits per heavy atom. The lowest BCUT2D eigenvalue weighted by Crippen LogP contribution is -2.33. The van der Waals surface area contributed by atoms with E-state index < -0.39 is 35.1 Å². The first-order valence-electron chi connectivity index (χ1n) is 10.5. The minimum absolute atomic E-state index is 0.0298. The number of benzene rings is 2. The van der Waals surface area contributed by atoms with Crippen molar-refractivity contribution >= 4 is 28.9 Å². The van der Waals surface area contributed by atoms with E-state index in [2.05, 4.69) is 4.99 Å². The normalized spacial score (nSPS) is 15.2. The molecule has 2 N–H and O–H groups in total. The molecule has 0 saturated heterocycles. The third-order valence-corrected chi connectivity index (χ3v) is 5.98. The number of ether oxygens (including phenoxy) is 2. The maximum atomic E-state index is 13.5. The summed E-state index contributed by atoms with van der Waals surface area (Å²) in [4.78, 5) is 18.0. The fourth-order valence-electron chi connectivity index (χ4n) is 3.22. The Hall–Kier alpha value is -3.23. The summed E-state index contributed by atoms with van der Waals surface area (Å²) < 4.78 is 89.6. The Kier molecular flexibility index (Phi) is 8.76. The second-order valence-electron chi connectivity index (χ2n) is 7.46. The molecule has 1 aliphatic heterocycles. The number of aliphatic hydroxyl groups excluding tert-OH is 2. The van der Waals surface area contributed by atoms with Crippen LogP contribution in [0.25, 0.3) is 6.08 Å². The molecular formula is C23H20F6N2O5S. The number of aliphatic hydroxyl groups is 2. The van der Waals surface area contributed by atoms with E-state index in [1.807, 2.05) is 0 Å². The topological polar surface area (TPSA) is 91.6 Å². The predicted octanol–water partition coefficient (Wildman–Crippen LogP) is 4.78. The average Bonchev–Trinajstić information content (AvgIpc) is 3.18. The summed E-state index contributed by atoms with van der Waals surface area (Å²) in [6.45, 7) is -0.145. The third kappa shape index (κ3) is 6.96. The third-order valence-electron chi connectivity index (χ3n) is 4.94. The second kappa shape index (κ2) is 11.4. The van der Waals surface area contributed by atoms with E-state index in [4.69, 9.17) is 19.7 Å². The van der Waals surface area contributed by atoms with Crippen molar-refractivity contribution in [2.45, 2.75) is 12.4 Å². The lowest BCUT2D eigenvalue weighted by molar-refractivity contribution is -0.143. The number of alkyl halides is 6. The van der Waals surface area contributed by atoms with Crippen LogP contribution >= 0.6 is 11.8 Å². The van der Waals surface area contributed by atoms with Crippen LogP contribution in [-0.4, -0.2) is 59.6 Å². The van der Waals surface area contributed by atoms with Crippen LogP contribution in [0.5, 0.6) is 17.2 Å². The number of amides is 1. The zero-order valence-corrected chi connectivity index (χ0v) is 19.9. The molecule has 200 valence electrons. The number of amidine groups is 1. The van der Waals surface area contributed by atoms with Gasteiger partial charge in [0.25, 0.3) is 5.91 Å². The van der Waals surface area contributed by atoms with Gasteiger partial charge in [0.2, 0.25) is 0 Å². The SMILES string of the molecule is COc1cc(C=C2SC(N(CCO)CCO)=NC2=O)ccc1Oc1ccc(C(F)(F)F)cc1C(F)(F)F. The van der Waals surface area contributed by atoms with Crippen LogP contribution < -0.4 is 9.47 Å². The van der Waals surface area contributed by atoms with Crippen LogP contribution in [0.2, 0.25) is 0 Å². The van der Waals surface area contributed by atoms with Crippen LogP contribution in [-0.2, 0) is 17.1 Å². The monoisotopic (exact) mass is 550 g/mol. The van der Waals surface area contributed by atoms with E-state index in [1.165, 1.54) is 36.3 Å². The van der Waals surface area contributed by atoms with E-state index in [0.717, 1.165) is 11.8 Å². The highest BCUT2D eigenvalue weighted by molar-refractivity contribution is 8.18. The molecule has 0 spiro atoms. The molecule has 2 aromatic carbocycles. The predicted molar refractivity (Wildman–Crippen MR) is 123 cm³/mol. The fourth-order valence-corrected chi connectivity index (χ4v) is 4.19. The van der Waals surface area contributed by atoms with E-state index in [9.17, 15) is 31.1 Å². The maximum Gasteiger partial charge on any atom is 0.420 e. The standard InChI is InChI=1S/C23H20F6N2O5S/c1-35-18-10-13(11-19-20(34)30-21(37-19)31(6-8-32)7-9-33)2-4-17(18)36-16-5-3-14(22(24,25)26)12-15(16)23(27,28)29/h2-5,10-12,32-33H,6-9H2,1H3. The van der Waals surface area contributed by atoms with Gasteiger partial charge in [0.1, 0.15) is 5.75 Å². The van der Waals surface area contributed by atoms with Crippen LogP contribution in [0.3, 0.4) is 0 Å². The number of aliphatic imine (C=N–C) groups is 1. The molecule has 3 rings (SSSR count). The summed E-state index contributed by atoms with van der Waals surface area (Å²) in [6, 6.07) is 5.06. The quantitative estimate of drug-likeness (QED) is 0.361. The summed E-state index contributed by atoms with van der Waals surface area (Å²) in [7, 11) is 1.22. The molecule has 0 fully saturated rings. The molecule has 0 unspecified atom stereocenters. The molecule has 0 bridgehead atoms. The number of hydrogen-bond donors (Lipinski definition) is 2. The smallest absolute Gasteiger partial charge is 0.420 e. The van der Waals surface area contributed by atoms with Gasteiger partial charge in [-0.3, -0.25) is 4.79 Å². The Morgan fingerprint density at radius 2 is 1.59 bits per heavy atom. The number of thioether (sulfide) groups is 1. The van der Waals surface area contributed by atoms with E-state index in [-0.39, 0.29) is 53.9 Å². The van der Waals surface area contributed by atoms with Gasteiger partial charge in [-0.2, -0.15) is 31.3 Å². The zero-order valence-electron chi connectivity index (χ0n) is 19.1. The molecule has 14 heteroatoms. The minimum atomic E-state index is -5.12. The number of hydrogen-bond acceptors (Lipinski definition) is 7. The van der Waals surface area contributed by atoms with E-state index >= 15 is 0 Å². The van der Waals surface area contributed by atoms with Crippen molar-refractivity contribution in [2.24, 2.45) is 4.99 Å². The van der Waals surface area contributed by atoms with E-state index in [1.54, 1.807) is 0 Å². The van der Waals surface area contributed by atoms with E-state index in [0.29, 0.717) is 17.7 Å². The average molecular weight is 550 g/mol. The highest BCUT2D eigenvalue weighted by Gasteiger charge is 2.39. The van der Waals surface area contributed by atoms with Crippen LogP contribution in [0.4, 0.5) is 26.3 Å². The molecule has 0 radical (unpaired) electrons. The van der Waals surface area contributed by atoms with Gasteiger partial charge in [0.05, 0.1) is 36.4 Å². The van der Waals surface area contributed by atoms with Gasteiger partial charge < -0.3 is 24.6 Å². The Balaban J connectivity index is 1.88. The highest BCUT2D eigenvalue weighted by Crippen LogP contribution is 2.43. The first kappa shape index (κ1) is 28.3.